The number of aliphatic hydroxyl groups is 1. The Morgan fingerprint density at radius 2 is 1.73 bits per heavy atom. The highest BCUT2D eigenvalue weighted by molar-refractivity contribution is 5.89. The Labute approximate surface area is 126 Å². The highest BCUT2D eigenvalue weighted by Crippen LogP contribution is 2.14. The molecule has 0 aliphatic carbocycles. The maximum atomic E-state index is 13.0. The molecule has 22 heavy (non-hydrogen) atoms. The Balaban J connectivity index is 1.88. The van der Waals surface area contributed by atoms with Crippen molar-refractivity contribution in [1.29, 1.82) is 0 Å². The standard InChI is InChI=1S/C16H16F2N2O2/c1-10-2-4-11(5-3-10)15(21)9-19-16(22)20-14-7-12(17)6-13(18)8-14/h2-8,15,21H,9H2,1H3,(H2,19,20,22)/t15-/m0/s1. The summed E-state index contributed by atoms with van der Waals surface area (Å²) in [5.74, 6) is -1.56. The summed E-state index contributed by atoms with van der Waals surface area (Å²) in [5.41, 5.74) is 1.73. The van der Waals surface area contributed by atoms with Crippen LogP contribution in [0.1, 0.15) is 17.2 Å². The van der Waals surface area contributed by atoms with Crippen molar-refractivity contribution < 1.29 is 18.7 Å². The lowest BCUT2D eigenvalue weighted by Gasteiger charge is -2.13. The van der Waals surface area contributed by atoms with E-state index in [9.17, 15) is 18.7 Å². The number of benzene rings is 2. The number of amides is 2. The first-order valence-corrected chi connectivity index (χ1v) is 6.69. The number of carbonyl (C=O) groups excluding carboxylic acids is 1. The van der Waals surface area contributed by atoms with Gasteiger partial charge in [0.2, 0.25) is 0 Å². The van der Waals surface area contributed by atoms with E-state index in [1.165, 1.54) is 0 Å². The van der Waals surface area contributed by atoms with Crippen molar-refractivity contribution in [1.82, 2.24) is 5.32 Å². The van der Waals surface area contributed by atoms with Crippen LogP contribution in [0.25, 0.3) is 0 Å². The summed E-state index contributed by atoms with van der Waals surface area (Å²) < 4.78 is 26.0. The van der Waals surface area contributed by atoms with E-state index in [2.05, 4.69) is 10.6 Å². The lowest BCUT2D eigenvalue weighted by atomic mass is 10.1. The Hall–Kier alpha value is -2.47. The van der Waals surface area contributed by atoms with Crippen LogP contribution in [0, 0.1) is 18.6 Å². The molecule has 6 heteroatoms. The zero-order valence-corrected chi connectivity index (χ0v) is 11.9. The van der Waals surface area contributed by atoms with Crippen molar-refractivity contribution in [3.63, 3.8) is 0 Å². The van der Waals surface area contributed by atoms with Crippen molar-refractivity contribution in [2.24, 2.45) is 0 Å². The van der Waals surface area contributed by atoms with E-state index in [0.29, 0.717) is 11.6 Å². The number of carbonyl (C=O) groups is 1. The number of halogens is 2. The molecule has 0 spiro atoms. The van der Waals surface area contributed by atoms with E-state index in [1.807, 2.05) is 19.1 Å². The molecular weight excluding hydrogens is 290 g/mol. The van der Waals surface area contributed by atoms with Crippen molar-refractivity contribution in [3.8, 4) is 0 Å². The maximum absolute atomic E-state index is 13.0. The predicted molar refractivity (Wildman–Crippen MR) is 79.5 cm³/mol. The second-order valence-electron chi connectivity index (χ2n) is 4.92. The van der Waals surface area contributed by atoms with Crippen LogP contribution in [0.2, 0.25) is 0 Å². The second kappa shape index (κ2) is 7.00. The molecule has 0 radical (unpaired) electrons. The monoisotopic (exact) mass is 306 g/mol. The number of urea groups is 1. The van der Waals surface area contributed by atoms with Gasteiger partial charge in [-0.05, 0) is 24.6 Å². The fourth-order valence-corrected chi connectivity index (χ4v) is 1.90. The molecule has 0 saturated heterocycles. The second-order valence-corrected chi connectivity index (χ2v) is 4.92. The first kappa shape index (κ1) is 15.9. The topological polar surface area (TPSA) is 61.4 Å². The van der Waals surface area contributed by atoms with Gasteiger partial charge in [0.1, 0.15) is 11.6 Å². The summed E-state index contributed by atoms with van der Waals surface area (Å²) in [5, 5.41) is 14.7. The lowest BCUT2D eigenvalue weighted by Crippen LogP contribution is -2.32. The smallest absolute Gasteiger partial charge is 0.319 e. The Morgan fingerprint density at radius 1 is 1.14 bits per heavy atom. The van der Waals surface area contributed by atoms with Crippen molar-refractivity contribution in [2.75, 3.05) is 11.9 Å². The number of hydrogen-bond donors (Lipinski definition) is 3. The third kappa shape index (κ3) is 4.53. The summed E-state index contributed by atoms with van der Waals surface area (Å²) in [6, 6.07) is 9.30. The van der Waals surface area contributed by atoms with Crippen LogP contribution >= 0.6 is 0 Å². The summed E-state index contributed by atoms with van der Waals surface area (Å²) in [7, 11) is 0. The molecule has 2 amide bonds. The molecule has 0 aliphatic heterocycles. The number of aliphatic hydroxyl groups excluding tert-OH is 1. The Morgan fingerprint density at radius 3 is 2.32 bits per heavy atom. The molecule has 1 atom stereocenters. The van der Waals surface area contributed by atoms with E-state index in [1.54, 1.807) is 12.1 Å². The minimum absolute atomic E-state index is 0.000161. The maximum Gasteiger partial charge on any atom is 0.319 e. The summed E-state index contributed by atoms with van der Waals surface area (Å²) >= 11 is 0. The van der Waals surface area contributed by atoms with Crippen LogP contribution in [0.15, 0.2) is 42.5 Å². The van der Waals surface area contributed by atoms with Gasteiger partial charge in [-0.25, -0.2) is 13.6 Å². The zero-order chi connectivity index (χ0) is 16.1. The SMILES string of the molecule is Cc1ccc([C@@H](O)CNC(=O)Nc2cc(F)cc(F)c2)cc1. The van der Waals surface area contributed by atoms with Crippen molar-refractivity contribution >= 4 is 11.7 Å². The van der Waals surface area contributed by atoms with E-state index in [0.717, 1.165) is 17.7 Å². The highest BCUT2D eigenvalue weighted by atomic mass is 19.1. The molecule has 0 heterocycles. The zero-order valence-electron chi connectivity index (χ0n) is 11.9. The van der Waals surface area contributed by atoms with Gasteiger partial charge in [0.05, 0.1) is 6.10 Å². The first-order chi connectivity index (χ1) is 10.4. The van der Waals surface area contributed by atoms with Gasteiger partial charge in [-0.1, -0.05) is 29.8 Å². The third-order valence-corrected chi connectivity index (χ3v) is 3.04. The van der Waals surface area contributed by atoms with Gasteiger partial charge in [-0.2, -0.15) is 0 Å². The number of hydrogen-bond acceptors (Lipinski definition) is 2. The average Bonchev–Trinajstić information content (AvgIpc) is 2.44. The van der Waals surface area contributed by atoms with Crippen LogP contribution in [-0.2, 0) is 0 Å². The van der Waals surface area contributed by atoms with Crippen molar-refractivity contribution in [2.45, 2.75) is 13.0 Å². The molecule has 0 unspecified atom stereocenters. The molecule has 0 saturated carbocycles. The minimum Gasteiger partial charge on any atom is -0.387 e. The fourth-order valence-electron chi connectivity index (χ4n) is 1.90. The van der Waals surface area contributed by atoms with E-state index >= 15 is 0 Å². The van der Waals surface area contributed by atoms with Gasteiger partial charge in [0.15, 0.2) is 0 Å². The van der Waals surface area contributed by atoms with E-state index in [-0.39, 0.29) is 12.2 Å². The van der Waals surface area contributed by atoms with Gasteiger partial charge in [0.25, 0.3) is 0 Å². The molecule has 116 valence electrons. The van der Waals surface area contributed by atoms with E-state index in [4.69, 9.17) is 0 Å². The molecule has 0 fully saturated rings. The molecule has 0 bridgehead atoms. The van der Waals surface area contributed by atoms with E-state index < -0.39 is 23.8 Å². The molecule has 2 rings (SSSR count). The average molecular weight is 306 g/mol. The van der Waals surface area contributed by atoms with Gasteiger partial charge in [-0.3, -0.25) is 0 Å². The third-order valence-electron chi connectivity index (χ3n) is 3.04. The normalized spacial score (nSPS) is 11.8. The number of nitrogens with one attached hydrogen (secondary N) is 2. The first-order valence-electron chi connectivity index (χ1n) is 6.69. The van der Waals surface area contributed by atoms with Gasteiger partial charge in [-0.15, -0.1) is 0 Å². The quantitative estimate of drug-likeness (QED) is 0.812. The number of aryl methyl sites for hydroxylation is 1. The van der Waals surface area contributed by atoms with Gasteiger partial charge >= 0.3 is 6.03 Å². The summed E-state index contributed by atoms with van der Waals surface area (Å²) in [4.78, 5) is 11.6. The summed E-state index contributed by atoms with van der Waals surface area (Å²) in [6.07, 6.45) is -0.865. The van der Waals surface area contributed by atoms with Crippen LogP contribution in [0.5, 0.6) is 0 Å². The molecule has 3 N–H and O–H groups in total. The molecule has 0 aliphatic rings. The molecule has 0 aromatic heterocycles. The Kier molecular flexibility index (Phi) is 5.06. The van der Waals surface area contributed by atoms with Gasteiger partial charge in [0, 0.05) is 18.3 Å². The van der Waals surface area contributed by atoms with Gasteiger partial charge < -0.3 is 15.7 Å². The largest absolute Gasteiger partial charge is 0.387 e. The molecular formula is C16H16F2N2O2. The number of anilines is 1. The van der Waals surface area contributed by atoms with Crippen molar-refractivity contribution in [3.05, 3.63) is 65.2 Å². The fraction of sp³-hybridized carbons (Fsp3) is 0.188. The molecule has 2 aromatic carbocycles. The molecule has 4 nitrogen and oxygen atoms in total. The van der Waals surface area contributed by atoms with Crippen LogP contribution in [0.4, 0.5) is 19.3 Å². The van der Waals surface area contributed by atoms with Crippen LogP contribution in [0.3, 0.4) is 0 Å². The predicted octanol–water partition coefficient (Wildman–Crippen LogP) is 3.13. The molecule has 2 aromatic rings. The van der Waals surface area contributed by atoms with Crippen LogP contribution < -0.4 is 10.6 Å². The highest BCUT2D eigenvalue weighted by Gasteiger charge is 2.10. The Bertz CT molecular complexity index is 639. The lowest BCUT2D eigenvalue weighted by molar-refractivity contribution is 0.175. The van der Waals surface area contributed by atoms with Crippen LogP contribution in [-0.4, -0.2) is 17.7 Å². The number of rotatable bonds is 4. The minimum atomic E-state index is -0.865. The summed E-state index contributed by atoms with van der Waals surface area (Å²) in [6.45, 7) is 1.91.